The Balaban J connectivity index is 2.04. The minimum absolute atomic E-state index is 0.0210. The molecule has 0 aromatic carbocycles. The molecule has 2 bridgehead atoms. The van der Waals surface area contributed by atoms with Crippen LogP contribution in [0.4, 0.5) is 0 Å². The van der Waals surface area contributed by atoms with Gasteiger partial charge < -0.3 is 9.47 Å². The molecule has 2 rings (SSSR count). The topological polar surface area (TPSA) is 52.6 Å². The number of hydrogen-bond donors (Lipinski definition) is 0. The summed E-state index contributed by atoms with van der Waals surface area (Å²) in [5.74, 6) is -0.608. The van der Waals surface area contributed by atoms with E-state index in [1.54, 1.807) is 0 Å². The quantitative estimate of drug-likeness (QED) is 0.734. The van der Waals surface area contributed by atoms with E-state index in [0.717, 1.165) is 6.42 Å². The normalized spacial score (nSPS) is 24.5. The molecule has 2 atom stereocenters. The third-order valence-corrected chi connectivity index (χ3v) is 3.34. The van der Waals surface area contributed by atoms with Gasteiger partial charge in [0, 0.05) is 23.0 Å². The van der Waals surface area contributed by atoms with Crippen LogP contribution in [0.1, 0.15) is 48.0 Å². The molecule has 0 aliphatic heterocycles. The van der Waals surface area contributed by atoms with Crippen molar-refractivity contribution in [1.29, 1.82) is 0 Å². The first-order chi connectivity index (χ1) is 9.46. The number of carbonyl (C=O) groups is 2. The molecule has 0 spiro atoms. The van der Waals surface area contributed by atoms with Crippen LogP contribution in [-0.4, -0.2) is 23.1 Å². The summed E-state index contributed by atoms with van der Waals surface area (Å²) in [6, 6.07) is 0. The molecular weight excluding hydrogens is 268 g/mol. The zero-order valence-corrected chi connectivity index (χ0v) is 13.6. The summed E-state index contributed by atoms with van der Waals surface area (Å²) in [5.41, 5.74) is 0.332. The molecule has 0 saturated carbocycles. The Morgan fingerprint density at radius 1 is 0.857 bits per heavy atom. The lowest BCUT2D eigenvalue weighted by Crippen LogP contribution is -2.27. The summed E-state index contributed by atoms with van der Waals surface area (Å²) in [4.78, 5) is 24.2. The lowest BCUT2D eigenvalue weighted by Gasteiger charge is -2.23. The average Bonchev–Trinajstić information content (AvgIpc) is 2.82. The minimum atomic E-state index is -0.503. The molecule has 0 aromatic heterocycles. The Kier molecular flexibility index (Phi) is 3.77. The molecule has 4 nitrogen and oxygen atoms in total. The van der Waals surface area contributed by atoms with Crippen LogP contribution in [0.15, 0.2) is 23.3 Å². The highest BCUT2D eigenvalue weighted by atomic mass is 16.6. The number of rotatable bonds is 2. The van der Waals surface area contributed by atoms with Gasteiger partial charge in [0.1, 0.15) is 11.2 Å². The van der Waals surface area contributed by atoms with Crippen molar-refractivity contribution in [3.05, 3.63) is 23.3 Å². The molecule has 4 heteroatoms. The smallest absolute Gasteiger partial charge is 0.334 e. The Hall–Kier alpha value is -1.58. The van der Waals surface area contributed by atoms with Crippen LogP contribution in [-0.2, 0) is 19.1 Å². The molecule has 0 amide bonds. The Morgan fingerprint density at radius 3 is 1.43 bits per heavy atom. The third kappa shape index (κ3) is 3.74. The molecule has 116 valence electrons. The number of esters is 2. The molecular formula is C17H24O4. The van der Waals surface area contributed by atoms with Gasteiger partial charge in [0.15, 0.2) is 0 Å². The first-order valence-electron chi connectivity index (χ1n) is 7.36. The van der Waals surface area contributed by atoms with E-state index in [4.69, 9.17) is 9.47 Å². The van der Waals surface area contributed by atoms with E-state index < -0.39 is 11.2 Å². The van der Waals surface area contributed by atoms with Crippen molar-refractivity contribution in [1.82, 2.24) is 0 Å². The van der Waals surface area contributed by atoms with Crippen molar-refractivity contribution >= 4 is 11.9 Å². The van der Waals surface area contributed by atoms with Gasteiger partial charge in [-0.2, -0.15) is 0 Å². The third-order valence-electron chi connectivity index (χ3n) is 3.34. The van der Waals surface area contributed by atoms with Gasteiger partial charge in [-0.3, -0.25) is 0 Å². The fraction of sp³-hybridized carbons (Fsp3) is 0.647. The monoisotopic (exact) mass is 292 g/mol. The Bertz CT molecular complexity index is 478. The van der Waals surface area contributed by atoms with Gasteiger partial charge in [-0.1, -0.05) is 12.2 Å². The van der Waals surface area contributed by atoms with E-state index in [1.165, 1.54) is 0 Å². The van der Waals surface area contributed by atoms with Crippen LogP contribution >= 0.6 is 0 Å². The molecule has 0 saturated heterocycles. The number of fused-ring (bicyclic) bond motifs is 2. The lowest BCUT2D eigenvalue weighted by molar-refractivity contribution is -0.151. The van der Waals surface area contributed by atoms with Crippen molar-refractivity contribution < 1.29 is 19.1 Å². The highest BCUT2D eigenvalue weighted by molar-refractivity contribution is 5.96. The summed E-state index contributed by atoms with van der Waals surface area (Å²) in [5, 5.41) is 0. The molecule has 0 aromatic rings. The van der Waals surface area contributed by atoms with Crippen molar-refractivity contribution in [3.8, 4) is 0 Å². The van der Waals surface area contributed by atoms with Crippen LogP contribution in [0, 0.1) is 11.8 Å². The molecule has 0 fully saturated rings. The van der Waals surface area contributed by atoms with Gasteiger partial charge in [0.05, 0.1) is 0 Å². The van der Waals surface area contributed by atoms with Crippen molar-refractivity contribution in [2.75, 3.05) is 0 Å². The second-order valence-corrected chi connectivity index (χ2v) is 7.70. The second-order valence-electron chi connectivity index (χ2n) is 7.70. The van der Waals surface area contributed by atoms with Gasteiger partial charge in [-0.15, -0.1) is 0 Å². The predicted molar refractivity (Wildman–Crippen MR) is 79.5 cm³/mol. The van der Waals surface area contributed by atoms with Crippen LogP contribution in [0.3, 0.4) is 0 Å². The van der Waals surface area contributed by atoms with Crippen molar-refractivity contribution in [3.63, 3.8) is 0 Å². The highest BCUT2D eigenvalue weighted by Gasteiger charge is 2.41. The maximum Gasteiger partial charge on any atom is 0.334 e. The largest absolute Gasteiger partial charge is 0.457 e. The number of ether oxygens (including phenoxy) is 2. The van der Waals surface area contributed by atoms with Crippen molar-refractivity contribution in [2.24, 2.45) is 11.8 Å². The maximum atomic E-state index is 12.1. The van der Waals surface area contributed by atoms with Gasteiger partial charge in [-0.05, 0) is 48.0 Å². The van der Waals surface area contributed by atoms with E-state index >= 15 is 0 Å². The molecule has 0 radical (unpaired) electrons. The summed E-state index contributed by atoms with van der Waals surface area (Å²) >= 11 is 0. The van der Waals surface area contributed by atoms with Crippen LogP contribution < -0.4 is 0 Å². The minimum Gasteiger partial charge on any atom is -0.457 e. The van der Waals surface area contributed by atoms with Crippen LogP contribution in [0.25, 0.3) is 0 Å². The molecule has 2 aliphatic rings. The molecule has 21 heavy (non-hydrogen) atoms. The zero-order valence-electron chi connectivity index (χ0n) is 13.6. The summed E-state index contributed by atoms with van der Waals surface area (Å²) in [6.07, 6.45) is 4.49. The van der Waals surface area contributed by atoms with Crippen LogP contribution in [0.2, 0.25) is 0 Å². The fourth-order valence-electron chi connectivity index (χ4n) is 2.64. The number of hydrogen-bond acceptors (Lipinski definition) is 4. The van der Waals surface area contributed by atoms with Gasteiger partial charge in [0.2, 0.25) is 0 Å². The van der Waals surface area contributed by atoms with Gasteiger partial charge in [-0.25, -0.2) is 9.59 Å². The van der Waals surface area contributed by atoms with E-state index in [9.17, 15) is 9.59 Å². The van der Waals surface area contributed by atoms with Crippen molar-refractivity contribution in [2.45, 2.75) is 59.2 Å². The summed E-state index contributed by atoms with van der Waals surface area (Å²) < 4.78 is 10.8. The first-order valence-corrected chi connectivity index (χ1v) is 7.36. The Labute approximate surface area is 126 Å². The summed E-state index contributed by atoms with van der Waals surface area (Å²) in [6.45, 7) is 11.1. The van der Waals surface area contributed by atoms with E-state index in [0.29, 0.717) is 11.1 Å². The zero-order chi connectivity index (χ0) is 16.0. The lowest BCUT2D eigenvalue weighted by atomic mass is 9.99. The number of carbonyl (C=O) groups excluding carboxylic acids is 2. The maximum absolute atomic E-state index is 12.1. The highest BCUT2D eigenvalue weighted by Crippen LogP contribution is 2.44. The first kappa shape index (κ1) is 15.8. The Morgan fingerprint density at radius 2 is 1.19 bits per heavy atom. The summed E-state index contributed by atoms with van der Waals surface area (Å²) in [7, 11) is 0. The SMILES string of the molecule is CC(C)(C)OC(=O)C1=C[C@H]2C[C@@H]1C=C2C(=O)OC(C)(C)C. The van der Waals surface area contributed by atoms with E-state index in [2.05, 4.69) is 0 Å². The average molecular weight is 292 g/mol. The molecule has 0 heterocycles. The predicted octanol–water partition coefficient (Wildman–Crippen LogP) is 3.17. The van der Waals surface area contributed by atoms with E-state index in [-0.39, 0.29) is 23.8 Å². The molecule has 0 N–H and O–H groups in total. The second kappa shape index (κ2) is 5.00. The fourth-order valence-corrected chi connectivity index (χ4v) is 2.64. The van der Waals surface area contributed by atoms with Gasteiger partial charge >= 0.3 is 11.9 Å². The van der Waals surface area contributed by atoms with Gasteiger partial charge in [0.25, 0.3) is 0 Å². The number of allylic oxidation sites excluding steroid dienone is 2. The molecule has 2 aliphatic carbocycles. The van der Waals surface area contributed by atoms with Crippen LogP contribution in [0.5, 0.6) is 0 Å². The van der Waals surface area contributed by atoms with E-state index in [1.807, 2.05) is 53.7 Å². The standard InChI is InChI=1S/C17H24O4/c1-16(2,3)20-14(18)12-8-11-7-10(12)9-13(11)15(19)21-17(4,5)6/h8-11H,7H2,1-6H3/t10-,11-/m1/s1. The molecule has 0 unspecified atom stereocenters.